The smallest absolute Gasteiger partial charge is 0.240 e. The van der Waals surface area contributed by atoms with Gasteiger partial charge in [-0.3, -0.25) is 0 Å². The van der Waals surface area contributed by atoms with Crippen LogP contribution in [0, 0.1) is 0 Å². The molecule has 1 rings (SSSR count). The van der Waals surface area contributed by atoms with E-state index in [4.69, 9.17) is 10.9 Å². The molecule has 0 aliphatic rings. The average Bonchev–Trinajstić information content (AvgIpc) is 2.19. The van der Waals surface area contributed by atoms with E-state index in [0.29, 0.717) is 17.9 Å². The van der Waals surface area contributed by atoms with Gasteiger partial charge in [-0.25, -0.2) is 13.6 Å². The van der Waals surface area contributed by atoms with E-state index in [2.05, 4.69) is 5.32 Å². The number of primary sulfonamides is 1. The number of nitrogen functional groups attached to an aromatic ring is 1. The van der Waals surface area contributed by atoms with E-state index in [9.17, 15) is 8.42 Å². The molecule has 0 unspecified atom stereocenters. The number of benzene rings is 1. The second kappa shape index (κ2) is 5.42. The van der Waals surface area contributed by atoms with Crippen molar-refractivity contribution in [1.82, 2.24) is 0 Å². The Balaban J connectivity index is 2.99. The molecule has 0 spiro atoms. The summed E-state index contributed by atoms with van der Waals surface area (Å²) in [5, 5.41) is 8.11. The Morgan fingerprint density at radius 3 is 2.69 bits per heavy atom. The van der Waals surface area contributed by atoms with Crippen molar-refractivity contribution in [3.8, 4) is 0 Å². The number of nitrogens with one attached hydrogen (secondary N) is 1. The molecule has 0 aliphatic carbocycles. The standard InChI is InChI=1S/C9H15N3O2S2/c1-15-5-4-12-8-3-2-7(10)6-9(8)16(11,13)14/h2-3,6,12H,4-5,10H2,1H3,(H2,11,13,14). The largest absolute Gasteiger partial charge is 0.399 e. The first-order valence-electron chi connectivity index (χ1n) is 4.60. The summed E-state index contributed by atoms with van der Waals surface area (Å²) in [7, 11) is -3.74. The van der Waals surface area contributed by atoms with Gasteiger partial charge in [0.05, 0.1) is 5.69 Å². The van der Waals surface area contributed by atoms with Crippen molar-refractivity contribution in [2.45, 2.75) is 4.90 Å². The fourth-order valence-electron chi connectivity index (χ4n) is 1.21. The first-order chi connectivity index (χ1) is 7.45. The summed E-state index contributed by atoms with van der Waals surface area (Å²) in [6.07, 6.45) is 1.98. The van der Waals surface area contributed by atoms with Crippen LogP contribution in [0.2, 0.25) is 0 Å². The average molecular weight is 261 g/mol. The van der Waals surface area contributed by atoms with Crippen molar-refractivity contribution in [3.63, 3.8) is 0 Å². The van der Waals surface area contributed by atoms with Crippen LogP contribution in [0.25, 0.3) is 0 Å². The minimum atomic E-state index is -3.74. The van der Waals surface area contributed by atoms with E-state index in [1.165, 1.54) is 6.07 Å². The normalized spacial score (nSPS) is 11.4. The highest BCUT2D eigenvalue weighted by Crippen LogP contribution is 2.22. The van der Waals surface area contributed by atoms with Gasteiger partial charge >= 0.3 is 0 Å². The number of sulfonamides is 1. The van der Waals surface area contributed by atoms with Crippen molar-refractivity contribution >= 4 is 33.2 Å². The SMILES string of the molecule is CSCCNc1ccc(N)cc1S(N)(=O)=O. The fourth-order valence-corrected chi connectivity index (χ4v) is 2.26. The summed E-state index contributed by atoms with van der Waals surface area (Å²) < 4.78 is 22.6. The van der Waals surface area contributed by atoms with Gasteiger partial charge in [-0.2, -0.15) is 11.8 Å². The van der Waals surface area contributed by atoms with Crippen molar-refractivity contribution in [3.05, 3.63) is 18.2 Å². The lowest BCUT2D eigenvalue weighted by molar-refractivity contribution is 0.598. The highest BCUT2D eigenvalue weighted by Gasteiger charge is 2.13. The maximum atomic E-state index is 11.3. The van der Waals surface area contributed by atoms with Gasteiger partial charge in [-0.05, 0) is 24.5 Å². The molecule has 0 amide bonds. The first-order valence-corrected chi connectivity index (χ1v) is 7.54. The summed E-state index contributed by atoms with van der Waals surface area (Å²) in [6, 6.07) is 4.61. The second-order valence-electron chi connectivity index (χ2n) is 3.22. The molecule has 0 aromatic heterocycles. The van der Waals surface area contributed by atoms with Crippen LogP contribution in [-0.4, -0.2) is 27.0 Å². The van der Waals surface area contributed by atoms with E-state index >= 15 is 0 Å². The molecule has 0 saturated carbocycles. The number of thioether (sulfide) groups is 1. The zero-order valence-electron chi connectivity index (χ0n) is 8.93. The molecule has 7 heteroatoms. The predicted molar refractivity (Wildman–Crippen MR) is 69.1 cm³/mol. The highest BCUT2D eigenvalue weighted by molar-refractivity contribution is 7.98. The number of rotatable bonds is 5. The Morgan fingerprint density at radius 1 is 1.44 bits per heavy atom. The third-order valence-corrected chi connectivity index (χ3v) is 3.50. The fraction of sp³-hybridized carbons (Fsp3) is 0.333. The van der Waals surface area contributed by atoms with Gasteiger partial charge in [0.1, 0.15) is 4.90 Å². The van der Waals surface area contributed by atoms with E-state index in [0.717, 1.165) is 5.75 Å². The number of hydrogen-bond donors (Lipinski definition) is 3. The van der Waals surface area contributed by atoms with Crippen molar-refractivity contribution in [2.75, 3.05) is 29.6 Å². The van der Waals surface area contributed by atoms with E-state index < -0.39 is 10.0 Å². The lowest BCUT2D eigenvalue weighted by Gasteiger charge is -2.10. The third-order valence-electron chi connectivity index (χ3n) is 1.93. The Bertz CT molecular complexity index is 460. The molecule has 1 aromatic rings. The first kappa shape index (κ1) is 13.1. The number of anilines is 2. The molecule has 1 aromatic carbocycles. The molecule has 5 nitrogen and oxygen atoms in total. The van der Waals surface area contributed by atoms with Crippen molar-refractivity contribution in [1.29, 1.82) is 0 Å². The zero-order valence-corrected chi connectivity index (χ0v) is 10.6. The van der Waals surface area contributed by atoms with Gasteiger partial charge in [0.15, 0.2) is 0 Å². The quantitative estimate of drug-likeness (QED) is 0.535. The van der Waals surface area contributed by atoms with Crippen LogP contribution in [0.15, 0.2) is 23.1 Å². The van der Waals surface area contributed by atoms with E-state index in [-0.39, 0.29) is 4.90 Å². The molecule has 0 radical (unpaired) electrons. The van der Waals surface area contributed by atoms with Crippen LogP contribution in [0.5, 0.6) is 0 Å². The van der Waals surface area contributed by atoms with Crippen LogP contribution in [0.4, 0.5) is 11.4 Å². The zero-order chi connectivity index (χ0) is 12.2. The topological polar surface area (TPSA) is 98.2 Å². The lowest BCUT2D eigenvalue weighted by atomic mass is 10.3. The van der Waals surface area contributed by atoms with Crippen LogP contribution >= 0.6 is 11.8 Å². The Hall–Kier alpha value is -0.920. The lowest BCUT2D eigenvalue weighted by Crippen LogP contribution is -2.16. The minimum absolute atomic E-state index is 0.0357. The molecular weight excluding hydrogens is 246 g/mol. The van der Waals surface area contributed by atoms with Crippen LogP contribution in [-0.2, 0) is 10.0 Å². The molecule has 0 aliphatic heterocycles. The summed E-state index contributed by atoms with van der Waals surface area (Å²) in [6.45, 7) is 0.674. The molecule has 0 fully saturated rings. The molecule has 0 bridgehead atoms. The molecule has 5 N–H and O–H groups in total. The molecular formula is C9H15N3O2S2. The molecule has 0 atom stereocenters. The van der Waals surface area contributed by atoms with Gasteiger partial charge in [-0.15, -0.1) is 0 Å². The third kappa shape index (κ3) is 3.58. The number of nitrogens with two attached hydrogens (primary N) is 2. The van der Waals surface area contributed by atoms with Gasteiger partial charge in [0.25, 0.3) is 0 Å². The van der Waals surface area contributed by atoms with Gasteiger partial charge in [0, 0.05) is 18.0 Å². The van der Waals surface area contributed by atoms with Crippen LogP contribution in [0.1, 0.15) is 0 Å². The van der Waals surface area contributed by atoms with Crippen LogP contribution < -0.4 is 16.2 Å². The van der Waals surface area contributed by atoms with Gasteiger partial charge in [0.2, 0.25) is 10.0 Å². The van der Waals surface area contributed by atoms with Gasteiger partial charge in [-0.1, -0.05) is 0 Å². The Labute approximate surface area is 99.6 Å². The second-order valence-corrected chi connectivity index (χ2v) is 5.74. The summed E-state index contributed by atoms with van der Waals surface area (Å²) in [5.41, 5.74) is 6.39. The highest BCUT2D eigenvalue weighted by atomic mass is 32.2. The molecule has 0 heterocycles. The van der Waals surface area contributed by atoms with Crippen LogP contribution in [0.3, 0.4) is 0 Å². The maximum Gasteiger partial charge on any atom is 0.240 e. The molecule has 0 saturated heterocycles. The summed E-state index contributed by atoms with van der Waals surface area (Å²) >= 11 is 1.67. The Morgan fingerprint density at radius 2 is 2.12 bits per heavy atom. The predicted octanol–water partition coefficient (Wildman–Crippen LogP) is 0.691. The van der Waals surface area contributed by atoms with E-state index in [1.54, 1.807) is 23.9 Å². The summed E-state index contributed by atoms with van der Waals surface area (Å²) in [5.74, 6) is 0.883. The molecule has 16 heavy (non-hydrogen) atoms. The summed E-state index contributed by atoms with van der Waals surface area (Å²) in [4.78, 5) is 0.0357. The number of hydrogen-bond acceptors (Lipinski definition) is 5. The monoisotopic (exact) mass is 261 g/mol. The van der Waals surface area contributed by atoms with Crippen molar-refractivity contribution < 1.29 is 8.42 Å². The maximum absolute atomic E-state index is 11.3. The van der Waals surface area contributed by atoms with Gasteiger partial charge < -0.3 is 11.1 Å². The van der Waals surface area contributed by atoms with E-state index in [1.807, 2.05) is 6.26 Å². The Kier molecular flexibility index (Phi) is 4.45. The molecule has 90 valence electrons. The van der Waals surface area contributed by atoms with Crippen molar-refractivity contribution in [2.24, 2.45) is 5.14 Å². The minimum Gasteiger partial charge on any atom is -0.399 e.